The van der Waals surface area contributed by atoms with E-state index in [4.69, 9.17) is 0 Å². The van der Waals surface area contributed by atoms with E-state index in [1.165, 1.54) is 17.7 Å². The Morgan fingerprint density at radius 3 is 2.56 bits per heavy atom. The fourth-order valence-corrected chi connectivity index (χ4v) is 1.72. The molecule has 1 nitrogen and oxygen atoms in total. The molecule has 0 aromatic heterocycles. The van der Waals surface area contributed by atoms with Crippen molar-refractivity contribution in [1.29, 1.82) is 0 Å². The summed E-state index contributed by atoms with van der Waals surface area (Å²) in [6.45, 7) is 8.96. The number of halogens is 1. The van der Waals surface area contributed by atoms with Crippen LogP contribution in [0.1, 0.15) is 18.9 Å². The van der Waals surface area contributed by atoms with Crippen LogP contribution in [0.2, 0.25) is 0 Å². The zero-order chi connectivity index (χ0) is 11.8. The Morgan fingerprint density at radius 1 is 1.31 bits per heavy atom. The highest BCUT2D eigenvalue weighted by molar-refractivity contribution is 5.15. The lowest BCUT2D eigenvalue weighted by Gasteiger charge is -2.17. The predicted octanol–water partition coefficient (Wildman–Crippen LogP) is 3.27. The van der Waals surface area contributed by atoms with Crippen LogP contribution < -0.4 is 0 Å². The molecule has 1 aromatic rings. The topological polar surface area (TPSA) is 3.24 Å². The molecule has 0 N–H and O–H groups in total. The summed E-state index contributed by atoms with van der Waals surface area (Å²) in [6, 6.07) is 6.77. The molecule has 0 heterocycles. The van der Waals surface area contributed by atoms with Crippen molar-refractivity contribution in [2.45, 2.75) is 19.8 Å². The second kappa shape index (κ2) is 7.18. The van der Waals surface area contributed by atoms with Gasteiger partial charge in [-0.2, -0.15) is 0 Å². The SMILES string of the molecule is C=CCN(CC)CCCc1ccc(F)cc1. The van der Waals surface area contributed by atoms with Gasteiger partial charge in [-0.25, -0.2) is 4.39 Å². The molecule has 0 fully saturated rings. The zero-order valence-electron chi connectivity index (χ0n) is 9.95. The molecule has 0 saturated carbocycles. The first-order valence-electron chi connectivity index (χ1n) is 5.84. The molecule has 0 aliphatic carbocycles. The summed E-state index contributed by atoms with van der Waals surface area (Å²) >= 11 is 0. The molecule has 0 radical (unpaired) electrons. The highest BCUT2D eigenvalue weighted by atomic mass is 19.1. The normalized spacial score (nSPS) is 10.7. The highest BCUT2D eigenvalue weighted by Gasteiger charge is 2.00. The van der Waals surface area contributed by atoms with Gasteiger partial charge in [-0.15, -0.1) is 6.58 Å². The molecule has 1 rings (SSSR count). The summed E-state index contributed by atoms with van der Waals surface area (Å²) < 4.78 is 12.7. The molecule has 0 atom stereocenters. The predicted molar refractivity (Wildman–Crippen MR) is 67.0 cm³/mol. The number of likely N-dealkylation sites (N-methyl/N-ethyl adjacent to an activating group) is 1. The van der Waals surface area contributed by atoms with E-state index in [1.54, 1.807) is 0 Å². The Kier molecular flexibility index (Phi) is 5.79. The smallest absolute Gasteiger partial charge is 0.123 e. The van der Waals surface area contributed by atoms with Crippen LogP contribution in [0.3, 0.4) is 0 Å². The fourth-order valence-electron chi connectivity index (χ4n) is 1.72. The van der Waals surface area contributed by atoms with E-state index in [2.05, 4.69) is 18.4 Å². The summed E-state index contributed by atoms with van der Waals surface area (Å²) in [4.78, 5) is 2.34. The zero-order valence-corrected chi connectivity index (χ0v) is 9.95. The largest absolute Gasteiger partial charge is 0.300 e. The molecule has 1 aromatic carbocycles. The minimum atomic E-state index is -0.161. The molecule has 0 aliphatic heterocycles. The fraction of sp³-hybridized carbons (Fsp3) is 0.429. The van der Waals surface area contributed by atoms with Crippen LogP contribution in [-0.4, -0.2) is 24.5 Å². The van der Waals surface area contributed by atoms with E-state index in [0.29, 0.717) is 0 Å². The lowest BCUT2D eigenvalue weighted by molar-refractivity contribution is 0.315. The minimum Gasteiger partial charge on any atom is -0.300 e. The second-order valence-electron chi connectivity index (χ2n) is 3.91. The van der Waals surface area contributed by atoms with Crippen molar-refractivity contribution < 1.29 is 4.39 Å². The molecule has 88 valence electrons. The quantitative estimate of drug-likeness (QED) is 0.639. The second-order valence-corrected chi connectivity index (χ2v) is 3.91. The number of benzene rings is 1. The van der Waals surface area contributed by atoms with E-state index in [9.17, 15) is 4.39 Å². The van der Waals surface area contributed by atoms with Gasteiger partial charge < -0.3 is 0 Å². The molecule has 0 amide bonds. The third-order valence-electron chi connectivity index (χ3n) is 2.69. The average Bonchev–Trinajstić information content (AvgIpc) is 2.30. The first-order chi connectivity index (χ1) is 7.76. The van der Waals surface area contributed by atoms with Crippen molar-refractivity contribution in [2.24, 2.45) is 0 Å². The molecular formula is C14H20FN. The van der Waals surface area contributed by atoms with Gasteiger partial charge in [-0.05, 0) is 43.6 Å². The van der Waals surface area contributed by atoms with Gasteiger partial charge in [0.05, 0.1) is 0 Å². The van der Waals surface area contributed by atoms with Crippen LogP contribution in [0.25, 0.3) is 0 Å². The third-order valence-corrected chi connectivity index (χ3v) is 2.69. The standard InChI is InChI=1S/C14H20FN/c1-3-11-16(4-2)12-5-6-13-7-9-14(15)10-8-13/h3,7-10H,1,4-6,11-12H2,2H3. The number of aryl methyl sites for hydroxylation is 1. The third kappa shape index (κ3) is 4.58. The van der Waals surface area contributed by atoms with Crippen LogP contribution in [0.4, 0.5) is 4.39 Å². The number of rotatable bonds is 7. The summed E-state index contributed by atoms with van der Waals surface area (Å²) in [5.41, 5.74) is 1.20. The van der Waals surface area contributed by atoms with Crippen LogP contribution in [0, 0.1) is 5.82 Å². The Morgan fingerprint density at radius 2 is 2.00 bits per heavy atom. The Balaban J connectivity index is 2.29. The maximum Gasteiger partial charge on any atom is 0.123 e. The number of nitrogens with zero attached hydrogens (tertiary/aromatic N) is 1. The van der Waals surface area contributed by atoms with Crippen molar-refractivity contribution in [3.63, 3.8) is 0 Å². The Bertz CT molecular complexity index is 305. The van der Waals surface area contributed by atoms with Gasteiger partial charge in [0.25, 0.3) is 0 Å². The number of hydrogen-bond donors (Lipinski definition) is 0. The first-order valence-corrected chi connectivity index (χ1v) is 5.84. The van der Waals surface area contributed by atoms with Gasteiger partial charge in [-0.3, -0.25) is 4.90 Å². The van der Waals surface area contributed by atoms with Crippen LogP contribution in [0.5, 0.6) is 0 Å². The van der Waals surface area contributed by atoms with E-state index in [0.717, 1.165) is 32.5 Å². The maximum absolute atomic E-state index is 12.7. The minimum absolute atomic E-state index is 0.161. The lowest BCUT2D eigenvalue weighted by atomic mass is 10.1. The summed E-state index contributed by atoms with van der Waals surface area (Å²) in [5.74, 6) is -0.161. The van der Waals surface area contributed by atoms with Crippen LogP contribution >= 0.6 is 0 Å². The summed E-state index contributed by atoms with van der Waals surface area (Å²) in [6.07, 6.45) is 4.04. The van der Waals surface area contributed by atoms with Gasteiger partial charge in [0.2, 0.25) is 0 Å². The molecule has 2 heteroatoms. The van der Waals surface area contributed by atoms with Crippen molar-refractivity contribution in [3.8, 4) is 0 Å². The number of hydrogen-bond acceptors (Lipinski definition) is 1. The molecule has 0 saturated heterocycles. The average molecular weight is 221 g/mol. The van der Waals surface area contributed by atoms with Gasteiger partial charge in [0.15, 0.2) is 0 Å². The molecule has 16 heavy (non-hydrogen) atoms. The van der Waals surface area contributed by atoms with E-state index < -0.39 is 0 Å². The summed E-state index contributed by atoms with van der Waals surface area (Å²) in [5, 5.41) is 0. The first kappa shape index (κ1) is 12.9. The molecule has 0 spiro atoms. The molecule has 0 aliphatic rings. The van der Waals surface area contributed by atoms with Crippen molar-refractivity contribution in [1.82, 2.24) is 4.90 Å². The monoisotopic (exact) mass is 221 g/mol. The highest BCUT2D eigenvalue weighted by Crippen LogP contribution is 2.06. The molecule has 0 unspecified atom stereocenters. The van der Waals surface area contributed by atoms with Crippen molar-refractivity contribution in [2.75, 3.05) is 19.6 Å². The lowest BCUT2D eigenvalue weighted by Crippen LogP contribution is -2.24. The Labute approximate surface area is 97.6 Å². The maximum atomic E-state index is 12.7. The van der Waals surface area contributed by atoms with E-state index in [1.807, 2.05) is 18.2 Å². The van der Waals surface area contributed by atoms with E-state index >= 15 is 0 Å². The Hall–Kier alpha value is -1.15. The van der Waals surface area contributed by atoms with Crippen molar-refractivity contribution >= 4 is 0 Å². The molecular weight excluding hydrogens is 201 g/mol. The van der Waals surface area contributed by atoms with Crippen LogP contribution in [-0.2, 0) is 6.42 Å². The van der Waals surface area contributed by atoms with Gasteiger partial charge in [0, 0.05) is 6.54 Å². The van der Waals surface area contributed by atoms with Gasteiger partial charge in [-0.1, -0.05) is 25.1 Å². The van der Waals surface area contributed by atoms with E-state index in [-0.39, 0.29) is 5.82 Å². The van der Waals surface area contributed by atoms with Crippen molar-refractivity contribution in [3.05, 3.63) is 48.3 Å². The molecule has 0 bridgehead atoms. The van der Waals surface area contributed by atoms with Gasteiger partial charge >= 0.3 is 0 Å². The van der Waals surface area contributed by atoms with Crippen LogP contribution in [0.15, 0.2) is 36.9 Å². The summed E-state index contributed by atoms with van der Waals surface area (Å²) in [7, 11) is 0. The van der Waals surface area contributed by atoms with Gasteiger partial charge in [0.1, 0.15) is 5.82 Å².